The third kappa shape index (κ3) is 5.06. The van der Waals surface area contributed by atoms with Crippen molar-refractivity contribution in [2.45, 2.75) is 52.2 Å². The topological polar surface area (TPSA) is 58.6 Å². The lowest BCUT2D eigenvalue weighted by molar-refractivity contribution is -0.130. The standard InChI is InChI=1S/C12H22N2O3/c1-9(15)14-7-5-6-10(8-14)13-11(16)17-12(2,3)4/h10H,5-8H2,1-4H3,(H,13,16)/t10-/m1/s1. The van der Waals surface area contributed by atoms with Crippen molar-refractivity contribution in [1.29, 1.82) is 0 Å². The number of hydrogen-bond donors (Lipinski definition) is 1. The Morgan fingerprint density at radius 3 is 2.53 bits per heavy atom. The van der Waals surface area contributed by atoms with Crippen molar-refractivity contribution in [2.24, 2.45) is 0 Å². The minimum absolute atomic E-state index is 0.00231. The van der Waals surface area contributed by atoms with Gasteiger partial charge in [0, 0.05) is 26.1 Å². The molecule has 5 heteroatoms. The minimum atomic E-state index is -0.487. The van der Waals surface area contributed by atoms with E-state index in [4.69, 9.17) is 4.74 Å². The largest absolute Gasteiger partial charge is 0.444 e. The van der Waals surface area contributed by atoms with Gasteiger partial charge in [-0.1, -0.05) is 0 Å². The lowest BCUT2D eigenvalue weighted by Gasteiger charge is -2.32. The molecule has 1 N–H and O–H groups in total. The predicted molar refractivity (Wildman–Crippen MR) is 64.6 cm³/mol. The van der Waals surface area contributed by atoms with Gasteiger partial charge in [0.05, 0.1) is 0 Å². The van der Waals surface area contributed by atoms with Gasteiger partial charge in [0.15, 0.2) is 0 Å². The maximum atomic E-state index is 11.6. The number of nitrogens with zero attached hydrogens (tertiary/aromatic N) is 1. The lowest BCUT2D eigenvalue weighted by atomic mass is 10.1. The summed E-state index contributed by atoms with van der Waals surface area (Å²) in [5.41, 5.74) is -0.487. The molecule has 1 heterocycles. The van der Waals surface area contributed by atoms with Gasteiger partial charge in [-0.3, -0.25) is 4.79 Å². The highest BCUT2D eigenvalue weighted by Crippen LogP contribution is 2.12. The van der Waals surface area contributed by atoms with Crippen LogP contribution in [0.3, 0.4) is 0 Å². The summed E-state index contributed by atoms with van der Waals surface area (Å²) in [4.78, 5) is 24.6. The Balaban J connectivity index is 2.41. The van der Waals surface area contributed by atoms with Gasteiger partial charge in [-0.15, -0.1) is 0 Å². The molecule has 1 atom stereocenters. The number of piperidine rings is 1. The molecule has 2 amide bonds. The monoisotopic (exact) mass is 242 g/mol. The fraction of sp³-hybridized carbons (Fsp3) is 0.833. The molecule has 1 aliphatic rings. The van der Waals surface area contributed by atoms with Gasteiger partial charge in [0.2, 0.25) is 5.91 Å². The highest BCUT2D eigenvalue weighted by atomic mass is 16.6. The zero-order valence-corrected chi connectivity index (χ0v) is 11.1. The minimum Gasteiger partial charge on any atom is -0.444 e. The molecule has 1 aliphatic heterocycles. The van der Waals surface area contributed by atoms with Crippen molar-refractivity contribution in [3.05, 3.63) is 0 Å². The maximum Gasteiger partial charge on any atom is 0.407 e. The number of hydrogen-bond acceptors (Lipinski definition) is 3. The van der Waals surface area contributed by atoms with E-state index in [0.717, 1.165) is 19.4 Å². The Bertz CT molecular complexity index is 297. The van der Waals surface area contributed by atoms with Crippen LogP contribution in [0, 0.1) is 0 Å². The van der Waals surface area contributed by atoms with Crippen molar-refractivity contribution in [2.75, 3.05) is 13.1 Å². The van der Waals surface area contributed by atoms with Gasteiger partial charge in [0.25, 0.3) is 0 Å². The molecule has 17 heavy (non-hydrogen) atoms. The van der Waals surface area contributed by atoms with Crippen LogP contribution in [-0.2, 0) is 9.53 Å². The van der Waals surface area contributed by atoms with E-state index < -0.39 is 11.7 Å². The van der Waals surface area contributed by atoms with Crippen LogP contribution in [0.5, 0.6) is 0 Å². The summed E-state index contributed by atoms with van der Waals surface area (Å²) in [6.07, 6.45) is 1.40. The van der Waals surface area contributed by atoms with Gasteiger partial charge in [0.1, 0.15) is 5.60 Å². The molecule has 0 aromatic rings. The Morgan fingerprint density at radius 1 is 1.35 bits per heavy atom. The molecule has 0 unspecified atom stereocenters. The van der Waals surface area contributed by atoms with E-state index >= 15 is 0 Å². The van der Waals surface area contributed by atoms with Crippen molar-refractivity contribution in [1.82, 2.24) is 10.2 Å². The number of nitrogens with one attached hydrogen (secondary N) is 1. The number of carbonyl (C=O) groups is 2. The Kier molecular flexibility index (Phi) is 4.37. The van der Waals surface area contributed by atoms with Crippen molar-refractivity contribution in [3.63, 3.8) is 0 Å². The second kappa shape index (κ2) is 5.38. The second-order valence-corrected chi connectivity index (χ2v) is 5.45. The summed E-state index contributed by atoms with van der Waals surface area (Å²) in [5, 5.41) is 2.81. The van der Waals surface area contributed by atoms with Crippen LogP contribution in [0.25, 0.3) is 0 Å². The lowest BCUT2D eigenvalue weighted by Crippen LogP contribution is -2.50. The highest BCUT2D eigenvalue weighted by molar-refractivity contribution is 5.73. The van der Waals surface area contributed by atoms with E-state index in [2.05, 4.69) is 5.32 Å². The summed E-state index contributed by atoms with van der Waals surface area (Å²) in [7, 11) is 0. The molecule has 0 aromatic carbocycles. The molecule has 0 aromatic heterocycles. The van der Waals surface area contributed by atoms with Crippen LogP contribution < -0.4 is 5.32 Å². The Morgan fingerprint density at radius 2 is 2.00 bits per heavy atom. The van der Waals surface area contributed by atoms with Crippen LogP contribution in [0.15, 0.2) is 0 Å². The third-order valence-electron chi connectivity index (χ3n) is 2.59. The van der Waals surface area contributed by atoms with Crippen LogP contribution in [0.2, 0.25) is 0 Å². The molecule has 0 radical (unpaired) electrons. The molecule has 1 saturated heterocycles. The van der Waals surface area contributed by atoms with Crippen molar-refractivity contribution >= 4 is 12.0 Å². The van der Waals surface area contributed by atoms with Gasteiger partial charge in [-0.2, -0.15) is 0 Å². The number of likely N-dealkylation sites (tertiary alicyclic amines) is 1. The molecule has 1 rings (SSSR count). The average molecular weight is 242 g/mol. The fourth-order valence-electron chi connectivity index (χ4n) is 1.86. The summed E-state index contributed by atoms with van der Waals surface area (Å²) < 4.78 is 5.18. The van der Waals surface area contributed by atoms with Gasteiger partial charge < -0.3 is 15.0 Å². The van der Waals surface area contributed by atoms with E-state index in [1.54, 1.807) is 11.8 Å². The highest BCUT2D eigenvalue weighted by Gasteiger charge is 2.24. The van der Waals surface area contributed by atoms with E-state index in [0.29, 0.717) is 6.54 Å². The first-order valence-corrected chi connectivity index (χ1v) is 6.03. The van der Waals surface area contributed by atoms with E-state index in [1.807, 2.05) is 20.8 Å². The van der Waals surface area contributed by atoms with Gasteiger partial charge in [-0.25, -0.2) is 4.79 Å². The molecule has 0 bridgehead atoms. The average Bonchev–Trinajstić information content (AvgIpc) is 2.14. The van der Waals surface area contributed by atoms with Crippen molar-refractivity contribution < 1.29 is 14.3 Å². The van der Waals surface area contributed by atoms with E-state index in [9.17, 15) is 9.59 Å². The molecule has 1 fully saturated rings. The first-order valence-electron chi connectivity index (χ1n) is 6.03. The number of alkyl carbamates (subject to hydrolysis) is 1. The van der Waals surface area contributed by atoms with Crippen LogP contribution in [0.4, 0.5) is 4.79 Å². The zero-order chi connectivity index (χ0) is 13.1. The molecule has 0 aliphatic carbocycles. The van der Waals surface area contributed by atoms with E-state index in [-0.39, 0.29) is 11.9 Å². The summed E-state index contributed by atoms with van der Waals surface area (Å²) in [5.74, 6) is 0.0562. The second-order valence-electron chi connectivity index (χ2n) is 5.45. The number of rotatable bonds is 1. The first-order chi connectivity index (χ1) is 7.78. The summed E-state index contributed by atoms with van der Waals surface area (Å²) >= 11 is 0. The molecular weight excluding hydrogens is 220 g/mol. The normalized spacial score (nSPS) is 20.9. The van der Waals surface area contributed by atoms with Crippen molar-refractivity contribution in [3.8, 4) is 0 Å². The van der Waals surface area contributed by atoms with Crippen LogP contribution in [0.1, 0.15) is 40.5 Å². The predicted octanol–water partition coefficient (Wildman–Crippen LogP) is 1.52. The molecule has 98 valence electrons. The smallest absolute Gasteiger partial charge is 0.407 e. The van der Waals surface area contributed by atoms with Gasteiger partial charge >= 0.3 is 6.09 Å². The molecule has 5 nitrogen and oxygen atoms in total. The Hall–Kier alpha value is -1.26. The van der Waals surface area contributed by atoms with Gasteiger partial charge in [-0.05, 0) is 33.6 Å². The number of carbonyl (C=O) groups excluding carboxylic acids is 2. The molecular formula is C12H22N2O3. The maximum absolute atomic E-state index is 11.6. The van der Waals surface area contributed by atoms with E-state index in [1.165, 1.54) is 0 Å². The number of ether oxygens (including phenoxy) is 1. The molecule has 0 saturated carbocycles. The van der Waals surface area contributed by atoms with Crippen LogP contribution in [-0.4, -0.2) is 41.6 Å². The van der Waals surface area contributed by atoms with Crippen LogP contribution >= 0.6 is 0 Å². The number of amides is 2. The fourth-order valence-corrected chi connectivity index (χ4v) is 1.86. The molecule has 0 spiro atoms. The summed E-state index contributed by atoms with van der Waals surface area (Å²) in [6.45, 7) is 8.40. The SMILES string of the molecule is CC(=O)N1CCC[C@@H](NC(=O)OC(C)(C)C)C1. The Labute approximate surface area is 102 Å². The first kappa shape index (κ1) is 13.8. The zero-order valence-electron chi connectivity index (χ0n) is 11.1. The third-order valence-corrected chi connectivity index (χ3v) is 2.59. The quantitative estimate of drug-likeness (QED) is 0.758. The summed E-state index contributed by atoms with van der Waals surface area (Å²) in [6, 6.07) is 0.00231.